The van der Waals surface area contributed by atoms with Gasteiger partial charge in [-0.05, 0) is 37.9 Å². The molecular weight excluding hydrogens is 621 g/mol. The third-order valence-electron chi connectivity index (χ3n) is 8.23. The number of esters is 1. The number of hydrogen-bond acceptors (Lipinski definition) is 12. The molecule has 1 heterocycles. The highest BCUT2D eigenvalue weighted by Crippen LogP contribution is 2.48. The molecule has 1 aromatic carbocycles. The lowest BCUT2D eigenvalue weighted by Gasteiger charge is -2.43. The van der Waals surface area contributed by atoms with Gasteiger partial charge in [-0.15, -0.1) is 11.8 Å². The predicted octanol–water partition coefficient (Wildman–Crippen LogP) is 6.47. The molecule has 1 amide bonds. The molecule has 0 aliphatic heterocycles. The van der Waals surface area contributed by atoms with Crippen molar-refractivity contribution in [1.29, 1.82) is 0 Å². The average Bonchev–Trinajstić information content (AvgIpc) is 3.42. The SMILES string of the molecule is C=CCOC(=O)NCc1noc(C(CSC(N)c2c(O[Si](C)(C)C(C)(C)C(C)C)cc(OC)c(C)c2C(=O)OC)C(C)=S)n1. The van der Waals surface area contributed by atoms with Gasteiger partial charge in [-0.3, -0.25) is 0 Å². The second kappa shape index (κ2) is 15.9. The van der Waals surface area contributed by atoms with Gasteiger partial charge >= 0.3 is 12.1 Å². The van der Waals surface area contributed by atoms with Gasteiger partial charge in [0, 0.05) is 27.8 Å². The fourth-order valence-electron chi connectivity index (χ4n) is 4.26. The van der Waals surface area contributed by atoms with Crippen LogP contribution >= 0.6 is 24.0 Å². The lowest BCUT2D eigenvalue weighted by Crippen LogP contribution is -2.48. The van der Waals surface area contributed by atoms with Crippen LogP contribution in [-0.4, -0.2) is 62.0 Å². The molecular formula is C30H46N4O7S2Si. The normalized spacial score (nSPS) is 13.2. The van der Waals surface area contributed by atoms with Gasteiger partial charge in [0.1, 0.15) is 18.1 Å². The molecule has 44 heavy (non-hydrogen) atoms. The molecule has 3 N–H and O–H groups in total. The number of thioether (sulfide) groups is 1. The molecule has 0 saturated carbocycles. The highest BCUT2D eigenvalue weighted by molar-refractivity contribution is 7.99. The van der Waals surface area contributed by atoms with Crippen molar-refractivity contribution >= 4 is 49.2 Å². The lowest BCUT2D eigenvalue weighted by molar-refractivity contribution is 0.0597. The molecule has 0 aliphatic rings. The number of carbonyl (C=O) groups excluding carboxylic acids is 2. The van der Waals surface area contributed by atoms with E-state index in [1.165, 1.54) is 24.9 Å². The molecule has 2 rings (SSSR count). The number of hydrogen-bond donors (Lipinski definition) is 2. The Morgan fingerprint density at radius 3 is 2.48 bits per heavy atom. The van der Waals surface area contributed by atoms with Crippen molar-refractivity contribution in [2.24, 2.45) is 11.7 Å². The van der Waals surface area contributed by atoms with Crippen LogP contribution in [0.25, 0.3) is 0 Å². The van der Waals surface area contributed by atoms with Gasteiger partial charge < -0.3 is 34.2 Å². The van der Waals surface area contributed by atoms with E-state index in [-0.39, 0.29) is 29.9 Å². The molecule has 1 aromatic heterocycles. The smallest absolute Gasteiger partial charge is 0.407 e. The molecule has 2 aromatic rings. The van der Waals surface area contributed by atoms with Crippen LogP contribution < -0.4 is 20.2 Å². The van der Waals surface area contributed by atoms with Crippen molar-refractivity contribution in [2.45, 2.75) is 77.5 Å². The zero-order valence-electron chi connectivity index (χ0n) is 27.4. The van der Waals surface area contributed by atoms with E-state index in [1.54, 1.807) is 21.0 Å². The quantitative estimate of drug-likeness (QED) is 0.0665. The van der Waals surface area contributed by atoms with Crippen LogP contribution in [0.5, 0.6) is 11.5 Å². The number of nitrogens with one attached hydrogen (secondary N) is 1. The van der Waals surface area contributed by atoms with Crippen LogP contribution in [0.15, 0.2) is 23.2 Å². The highest BCUT2D eigenvalue weighted by Gasteiger charge is 2.46. The minimum atomic E-state index is -2.44. The molecule has 14 heteroatoms. The molecule has 0 aliphatic carbocycles. The number of methoxy groups -OCH3 is 2. The number of nitrogens with two attached hydrogens (primary N) is 1. The summed E-state index contributed by atoms with van der Waals surface area (Å²) >= 11 is 6.91. The Labute approximate surface area is 271 Å². The third-order valence-corrected chi connectivity index (χ3v) is 14.1. The van der Waals surface area contributed by atoms with Gasteiger partial charge in [-0.25, -0.2) is 9.59 Å². The van der Waals surface area contributed by atoms with Crippen molar-refractivity contribution in [3.8, 4) is 11.5 Å². The standard InChI is InChI=1S/C30H46N4O7S2Si/c1-12-13-39-29(36)32-15-23-33-27(40-34-23)20(19(5)42)16-43-26(31)25-22(41-44(10,11)30(6,7)17(2)3)14-21(37-8)18(4)24(25)28(35)38-9/h12,14,17,20,26H,1,13,15-16,31H2,2-11H3,(H,32,36). The van der Waals surface area contributed by atoms with E-state index in [2.05, 4.69) is 62.8 Å². The van der Waals surface area contributed by atoms with Gasteiger partial charge in [0.2, 0.25) is 5.89 Å². The Balaban J connectivity index is 2.46. The van der Waals surface area contributed by atoms with Gasteiger partial charge in [-0.2, -0.15) is 4.98 Å². The fourth-order valence-corrected chi connectivity index (χ4v) is 8.12. The van der Waals surface area contributed by atoms with E-state index in [9.17, 15) is 9.59 Å². The second-order valence-electron chi connectivity index (χ2n) is 11.7. The maximum absolute atomic E-state index is 13.2. The predicted molar refractivity (Wildman–Crippen MR) is 179 cm³/mol. The molecule has 0 fully saturated rings. The van der Waals surface area contributed by atoms with E-state index < -0.39 is 31.7 Å². The maximum Gasteiger partial charge on any atom is 0.407 e. The summed E-state index contributed by atoms with van der Waals surface area (Å²) in [6.45, 7) is 20.3. The van der Waals surface area contributed by atoms with Gasteiger partial charge in [0.05, 0.1) is 37.6 Å². The van der Waals surface area contributed by atoms with Crippen LogP contribution in [0.2, 0.25) is 18.1 Å². The molecule has 2 atom stereocenters. The third kappa shape index (κ3) is 8.83. The van der Waals surface area contributed by atoms with Crippen LogP contribution in [0.1, 0.15) is 79.1 Å². The van der Waals surface area contributed by atoms with Crippen molar-refractivity contribution in [1.82, 2.24) is 15.5 Å². The van der Waals surface area contributed by atoms with Crippen LogP contribution in [0, 0.1) is 12.8 Å². The van der Waals surface area contributed by atoms with Crippen molar-refractivity contribution < 1.29 is 32.7 Å². The van der Waals surface area contributed by atoms with Crippen LogP contribution in [-0.2, 0) is 16.0 Å². The molecule has 2 unspecified atom stereocenters. The molecule has 11 nitrogen and oxygen atoms in total. The Hall–Kier alpha value is -2.94. The zero-order valence-corrected chi connectivity index (χ0v) is 30.0. The number of alkyl carbamates (subject to hydrolysis) is 1. The van der Waals surface area contributed by atoms with Crippen LogP contribution in [0.4, 0.5) is 4.79 Å². The molecule has 0 saturated heterocycles. The number of ether oxygens (including phenoxy) is 3. The molecule has 0 spiro atoms. The van der Waals surface area contributed by atoms with Crippen LogP contribution in [0.3, 0.4) is 0 Å². The highest BCUT2D eigenvalue weighted by atomic mass is 32.2. The molecule has 0 bridgehead atoms. The first-order valence-electron chi connectivity index (χ1n) is 14.2. The monoisotopic (exact) mass is 666 g/mol. The second-order valence-corrected chi connectivity index (χ2v) is 18.0. The topological polar surface area (TPSA) is 148 Å². The summed E-state index contributed by atoms with van der Waals surface area (Å²) in [6.07, 6.45) is 0.838. The molecule has 244 valence electrons. The van der Waals surface area contributed by atoms with Gasteiger partial charge in [0.15, 0.2) is 5.82 Å². The zero-order chi connectivity index (χ0) is 33.4. The Bertz CT molecular complexity index is 1350. The van der Waals surface area contributed by atoms with E-state index in [0.29, 0.717) is 44.7 Å². The fraction of sp³-hybridized carbons (Fsp3) is 0.567. The number of thiocarbonyl (C=S) groups is 1. The van der Waals surface area contributed by atoms with E-state index in [4.69, 9.17) is 41.1 Å². The van der Waals surface area contributed by atoms with Gasteiger partial charge in [0.25, 0.3) is 8.32 Å². The Kier molecular flexibility index (Phi) is 13.4. The van der Waals surface area contributed by atoms with Crippen molar-refractivity contribution in [3.05, 3.63) is 47.1 Å². The minimum Gasteiger partial charge on any atom is -0.543 e. The number of carbonyl (C=O) groups is 2. The van der Waals surface area contributed by atoms with Gasteiger partial charge in [-0.1, -0.05) is 57.7 Å². The van der Waals surface area contributed by atoms with Crippen molar-refractivity contribution in [3.63, 3.8) is 0 Å². The first-order chi connectivity index (χ1) is 20.5. The average molecular weight is 667 g/mol. The lowest BCUT2D eigenvalue weighted by atomic mass is 9.99. The number of nitrogens with zero attached hydrogens (tertiary/aromatic N) is 2. The summed E-state index contributed by atoms with van der Waals surface area (Å²) in [5.74, 6) is 1.30. The Morgan fingerprint density at radius 2 is 1.93 bits per heavy atom. The summed E-state index contributed by atoms with van der Waals surface area (Å²) < 4.78 is 28.1. The summed E-state index contributed by atoms with van der Waals surface area (Å²) in [5, 5.41) is 5.68. The summed E-state index contributed by atoms with van der Waals surface area (Å²) in [6, 6.07) is 1.81. The van der Waals surface area contributed by atoms with E-state index in [1.807, 2.05) is 6.07 Å². The largest absolute Gasteiger partial charge is 0.543 e. The number of aromatic nitrogens is 2. The van der Waals surface area contributed by atoms with E-state index in [0.717, 1.165) is 0 Å². The number of amides is 1. The first-order valence-corrected chi connectivity index (χ1v) is 18.6. The maximum atomic E-state index is 13.2. The van der Waals surface area contributed by atoms with E-state index >= 15 is 0 Å². The van der Waals surface area contributed by atoms with Crippen molar-refractivity contribution in [2.75, 3.05) is 26.6 Å². The minimum absolute atomic E-state index is 0.00996. The summed E-state index contributed by atoms with van der Waals surface area (Å²) in [7, 11) is 0.440. The molecule has 0 radical (unpaired) electrons. The summed E-state index contributed by atoms with van der Waals surface area (Å²) in [5.41, 5.74) is 8.29. The number of rotatable bonds is 16. The Morgan fingerprint density at radius 1 is 1.27 bits per heavy atom. The summed E-state index contributed by atoms with van der Waals surface area (Å²) in [4.78, 5) is 30.0. The number of benzene rings is 1. The first kappa shape index (κ1) is 37.2.